The van der Waals surface area contributed by atoms with Gasteiger partial charge in [-0.15, -0.1) is 0 Å². The van der Waals surface area contributed by atoms with E-state index in [0.717, 1.165) is 13.1 Å². The van der Waals surface area contributed by atoms with E-state index >= 15 is 0 Å². The summed E-state index contributed by atoms with van der Waals surface area (Å²) in [4.78, 5) is 13.6. The van der Waals surface area contributed by atoms with Crippen molar-refractivity contribution in [1.29, 1.82) is 0 Å². The first-order valence-corrected chi connectivity index (χ1v) is 5.39. The first-order valence-electron chi connectivity index (χ1n) is 5.39. The Bertz CT molecular complexity index is 166. The maximum atomic E-state index is 11.7. The van der Waals surface area contributed by atoms with Gasteiger partial charge in [-0.1, -0.05) is 27.7 Å². The van der Waals surface area contributed by atoms with Gasteiger partial charge < -0.3 is 10.6 Å². The zero-order valence-electron chi connectivity index (χ0n) is 10.1. The molecule has 0 bridgehead atoms. The fraction of sp³-hybridized carbons (Fsp3) is 0.909. The van der Waals surface area contributed by atoms with E-state index in [1.54, 1.807) is 6.92 Å². The molecule has 0 aliphatic rings. The van der Waals surface area contributed by atoms with E-state index in [1.807, 2.05) is 4.90 Å². The summed E-state index contributed by atoms with van der Waals surface area (Å²) in [5.41, 5.74) is 5.60. The summed E-state index contributed by atoms with van der Waals surface area (Å²) in [7, 11) is 0. The molecule has 2 N–H and O–H groups in total. The fourth-order valence-corrected chi connectivity index (χ4v) is 1.42. The molecule has 0 saturated heterocycles. The first kappa shape index (κ1) is 13.4. The van der Waals surface area contributed by atoms with Crippen LogP contribution in [0.4, 0.5) is 0 Å². The lowest BCUT2D eigenvalue weighted by Gasteiger charge is -2.27. The van der Waals surface area contributed by atoms with E-state index in [2.05, 4.69) is 27.7 Å². The van der Waals surface area contributed by atoms with Crippen LogP contribution < -0.4 is 5.73 Å². The molecule has 3 heteroatoms. The summed E-state index contributed by atoms with van der Waals surface area (Å²) >= 11 is 0. The number of hydrogen-bond donors (Lipinski definition) is 1. The van der Waals surface area contributed by atoms with Crippen molar-refractivity contribution in [2.24, 2.45) is 17.6 Å². The van der Waals surface area contributed by atoms with E-state index in [4.69, 9.17) is 5.73 Å². The van der Waals surface area contributed by atoms with Gasteiger partial charge in [0, 0.05) is 13.1 Å². The summed E-state index contributed by atoms with van der Waals surface area (Å²) < 4.78 is 0. The van der Waals surface area contributed by atoms with Crippen molar-refractivity contribution < 1.29 is 4.79 Å². The Hall–Kier alpha value is -0.570. The number of nitrogens with zero attached hydrogens (tertiary/aromatic N) is 1. The number of rotatable bonds is 5. The molecule has 0 aliphatic heterocycles. The summed E-state index contributed by atoms with van der Waals surface area (Å²) in [6.07, 6.45) is 0. The molecule has 14 heavy (non-hydrogen) atoms. The number of amides is 1. The van der Waals surface area contributed by atoms with Crippen molar-refractivity contribution in [1.82, 2.24) is 4.90 Å². The highest BCUT2D eigenvalue weighted by molar-refractivity contribution is 5.81. The van der Waals surface area contributed by atoms with Gasteiger partial charge in [0.05, 0.1) is 6.04 Å². The first-order chi connectivity index (χ1) is 6.34. The van der Waals surface area contributed by atoms with Crippen LogP contribution in [0.3, 0.4) is 0 Å². The molecule has 0 unspecified atom stereocenters. The number of nitrogens with two attached hydrogens (primary N) is 1. The smallest absolute Gasteiger partial charge is 0.239 e. The lowest BCUT2D eigenvalue weighted by Crippen LogP contribution is -2.45. The second-order valence-corrected chi connectivity index (χ2v) is 4.82. The van der Waals surface area contributed by atoms with Gasteiger partial charge in [0.2, 0.25) is 5.91 Å². The maximum Gasteiger partial charge on any atom is 0.239 e. The van der Waals surface area contributed by atoms with Crippen LogP contribution in [0, 0.1) is 11.8 Å². The van der Waals surface area contributed by atoms with E-state index in [-0.39, 0.29) is 11.9 Å². The molecular formula is C11H24N2O. The molecule has 0 radical (unpaired) electrons. The molecule has 0 rings (SSSR count). The zero-order chi connectivity index (χ0) is 11.3. The quantitative estimate of drug-likeness (QED) is 0.730. The fourth-order valence-electron chi connectivity index (χ4n) is 1.42. The Morgan fingerprint density at radius 2 is 1.43 bits per heavy atom. The van der Waals surface area contributed by atoms with Crippen LogP contribution >= 0.6 is 0 Å². The van der Waals surface area contributed by atoms with Crippen LogP contribution in [-0.2, 0) is 4.79 Å². The van der Waals surface area contributed by atoms with Gasteiger partial charge in [-0.2, -0.15) is 0 Å². The van der Waals surface area contributed by atoms with E-state index < -0.39 is 0 Å². The largest absolute Gasteiger partial charge is 0.341 e. The van der Waals surface area contributed by atoms with Crippen molar-refractivity contribution in [3.63, 3.8) is 0 Å². The van der Waals surface area contributed by atoms with Gasteiger partial charge in [0.25, 0.3) is 0 Å². The number of carbonyl (C=O) groups excluding carboxylic acids is 1. The summed E-state index contributed by atoms with van der Waals surface area (Å²) in [6, 6.07) is -0.382. The standard InChI is InChI=1S/C11H24N2O/c1-8(2)6-13(7-9(3)4)11(14)10(5)12/h8-10H,6-7,12H2,1-5H3/t10-/m0/s1. The third kappa shape index (κ3) is 5.22. The molecule has 1 amide bonds. The highest BCUT2D eigenvalue weighted by Crippen LogP contribution is 2.05. The predicted octanol–water partition coefficient (Wildman–Crippen LogP) is 1.47. The van der Waals surface area contributed by atoms with Crippen molar-refractivity contribution in [3.8, 4) is 0 Å². The second-order valence-electron chi connectivity index (χ2n) is 4.82. The molecular weight excluding hydrogens is 176 g/mol. The van der Waals surface area contributed by atoms with Crippen molar-refractivity contribution in [2.75, 3.05) is 13.1 Å². The Morgan fingerprint density at radius 3 is 1.64 bits per heavy atom. The molecule has 0 spiro atoms. The van der Waals surface area contributed by atoms with Gasteiger partial charge in [0.1, 0.15) is 0 Å². The maximum absolute atomic E-state index is 11.7. The van der Waals surface area contributed by atoms with Gasteiger partial charge in [-0.05, 0) is 18.8 Å². The van der Waals surface area contributed by atoms with Crippen LogP contribution in [0.25, 0.3) is 0 Å². The lowest BCUT2D eigenvalue weighted by molar-refractivity contribution is -0.133. The minimum atomic E-state index is -0.382. The molecule has 0 aromatic rings. The zero-order valence-corrected chi connectivity index (χ0v) is 10.1. The van der Waals surface area contributed by atoms with Crippen molar-refractivity contribution in [3.05, 3.63) is 0 Å². The molecule has 0 aromatic carbocycles. The normalized spacial score (nSPS) is 13.4. The van der Waals surface area contributed by atoms with Crippen LogP contribution in [-0.4, -0.2) is 29.9 Å². The van der Waals surface area contributed by atoms with Crippen LogP contribution in [0.5, 0.6) is 0 Å². The topological polar surface area (TPSA) is 46.3 Å². The SMILES string of the molecule is CC(C)CN(CC(C)C)C(=O)[C@H](C)N. The summed E-state index contributed by atoms with van der Waals surface area (Å²) in [5.74, 6) is 1.06. The molecule has 3 nitrogen and oxygen atoms in total. The predicted molar refractivity (Wildman–Crippen MR) is 59.9 cm³/mol. The Labute approximate surface area is 87.6 Å². The van der Waals surface area contributed by atoms with Crippen LogP contribution in [0.15, 0.2) is 0 Å². The van der Waals surface area contributed by atoms with Gasteiger partial charge in [-0.25, -0.2) is 0 Å². The minimum absolute atomic E-state index is 0.0624. The van der Waals surface area contributed by atoms with Crippen LogP contribution in [0.2, 0.25) is 0 Å². The Balaban J connectivity index is 4.31. The summed E-state index contributed by atoms with van der Waals surface area (Å²) in [5, 5.41) is 0. The third-order valence-electron chi connectivity index (χ3n) is 1.87. The molecule has 84 valence electrons. The summed E-state index contributed by atoms with van der Waals surface area (Å²) in [6.45, 7) is 11.8. The minimum Gasteiger partial charge on any atom is -0.341 e. The third-order valence-corrected chi connectivity index (χ3v) is 1.87. The molecule has 0 aliphatic carbocycles. The number of hydrogen-bond acceptors (Lipinski definition) is 2. The van der Waals surface area contributed by atoms with E-state index in [0.29, 0.717) is 11.8 Å². The van der Waals surface area contributed by atoms with E-state index in [9.17, 15) is 4.79 Å². The monoisotopic (exact) mass is 200 g/mol. The Morgan fingerprint density at radius 1 is 1.07 bits per heavy atom. The van der Waals surface area contributed by atoms with E-state index in [1.165, 1.54) is 0 Å². The van der Waals surface area contributed by atoms with Crippen molar-refractivity contribution in [2.45, 2.75) is 40.7 Å². The van der Waals surface area contributed by atoms with Crippen LogP contribution in [0.1, 0.15) is 34.6 Å². The van der Waals surface area contributed by atoms with Gasteiger partial charge in [0.15, 0.2) is 0 Å². The average molecular weight is 200 g/mol. The lowest BCUT2D eigenvalue weighted by atomic mass is 10.1. The second kappa shape index (κ2) is 6.02. The molecule has 0 fully saturated rings. The van der Waals surface area contributed by atoms with Gasteiger partial charge in [-0.3, -0.25) is 4.79 Å². The highest BCUT2D eigenvalue weighted by atomic mass is 16.2. The van der Waals surface area contributed by atoms with Gasteiger partial charge >= 0.3 is 0 Å². The van der Waals surface area contributed by atoms with Crippen molar-refractivity contribution >= 4 is 5.91 Å². The Kier molecular flexibility index (Phi) is 5.77. The molecule has 0 aromatic heterocycles. The molecule has 1 atom stereocenters. The average Bonchev–Trinajstić information content (AvgIpc) is 1.99. The molecule has 0 heterocycles. The number of carbonyl (C=O) groups is 1. The highest BCUT2D eigenvalue weighted by Gasteiger charge is 2.18. The molecule has 0 saturated carbocycles.